The molecule has 0 radical (unpaired) electrons. The van der Waals surface area contributed by atoms with Gasteiger partial charge in [0.1, 0.15) is 12.4 Å². The second-order valence-electron chi connectivity index (χ2n) is 8.56. The fraction of sp³-hybridized carbons (Fsp3) is 0.375. The van der Waals surface area contributed by atoms with Crippen LogP contribution < -0.4 is 9.46 Å². The summed E-state index contributed by atoms with van der Waals surface area (Å²) in [5.41, 5.74) is 0.855. The van der Waals surface area contributed by atoms with E-state index in [0.29, 0.717) is 24.3 Å². The molecule has 190 valence electrons. The molecule has 11 heteroatoms. The average molecular weight is 511 g/mol. The van der Waals surface area contributed by atoms with Gasteiger partial charge in [-0.05, 0) is 49.8 Å². The summed E-state index contributed by atoms with van der Waals surface area (Å²) in [6.45, 7) is 0.777. The molecule has 0 aliphatic rings. The third kappa shape index (κ3) is 7.81. The van der Waals surface area contributed by atoms with E-state index >= 15 is 0 Å². The molecule has 1 N–H and O–H groups in total. The van der Waals surface area contributed by atoms with Crippen LogP contribution in [0.25, 0.3) is 0 Å². The summed E-state index contributed by atoms with van der Waals surface area (Å²) in [7, 11) is 1.77. The van der Waals surface area contributed by atoms with Gasteiger partial charge in [0.15, 0.2) is 5.03 Å². The van der Waals surface area contributed by atoms with Gasteiger partial charge < -0.3 is 14.2 Å². The quantitative estimate of drug-likeness (QED) is 0.399. The predicted molar refractivity (Wildman–Crippen MR) is 127 cm³/mol. The first kappa shape index (κ1) is 26.7. The van der Waals surface area contributed by atoms with Crippen LogP contribution in [0.3, 0.4) is 0 Å². The van der Waals surface area contributed by atoms with E-state index in [2.05, 4.69) is 9.71 Å². The zero-order chi connectivity index (χ0) is 25.6. The molecule has 0 saturated heterocycles. The van der Waals surface area contributed by atoms with Gasteiger partial charge in [-0.2, -0.15) is 13.2 Å². The molecule has 1 aromatic heterocycles. The first-order chi connectivity index (χ1) is 16.4. The second-order valence-corrected chi connectivity index (χ2v) is 10.3. The number of aryl methyl sites for hydroxylation is 1. The molecule has 0 bridgehead atoms. The molecule has 2 aromatic carbocycles. The zero-order valence-corrected chi connectivity index (χ0v) is 20.6. The van der Waals surface area contributed by atoms with E-state index in [1.807, 2.05) is 37.2 Å². The van der Waals surface area contributed by atoms with Crippen LogP contribution in [0.15, 0.2) is 66.1 Å². The van der Waals surface area contributed by atoms with Gasteiger partial charge in [-0.15, -0.1) is 0 Å². The standard InChI is InChI=1S/C24H29F3N4O3S/c1-30(2)15-20(12-18-6-4-8-21(13-18)24(25,26)27)19-7-5-9-22(14-19)34-11-10-29-35(32,33)23-16-31(3)17-28-23/h4-9,13-14,16-17,20,29H,10-12,15H2,1-3H3. The number of hydrogen-bond donors (Lipinski definition) is 1. The van der Waals surface area contributed by atoms with Gasteiger partial charge in [0.05, 0.1) is 11.9 Å². The topological polar surface area (TPSA) is 76.5 Å². The van der Waals surface area contributed by atoms with Crippen LogP contribution in [0.4, 0.5) is 13.2 Å². The van der Waals surface area contributed by atoms with Gasteiger partial charge in [0, 0.05) is 32.3 Å². The number of alkyl halides is 3. The fourth-order valence-electron chi connectivity index (χ4n) is 3.69. The van der Waals surface area contributed by atoms with Crippen molar-refractivity contribution >= 4 is 10.0 Å². The highest BCUT2D eigenvalue weighted by Gasteiger charge is 2.30. The fourth-order valence-corrected chi connectivity index (χ4v) is 4.68. The number of imidazole rings is 1. The molecule has 0 saturated carbocycles. The molecule has 0 fully saturated rings. The molecule has 0 aliphatic carbocycles. The molecule has 1 atom stereocenters. The minimum atomic E-state index is -4.39. The van der Waals surface area contributed by atoms with Gasteiger partial charge in [0.25, 0.3) is 10.0 Å². The molecular formula is C24H29F3N4O3S. The van der Waals surface area contributed by atoms with Crippen molar-refractivity contribution in [2.45, 2.75) is 23.5 Å². The first-order valence-corrected chi connectivity index (χ1v) is 12.4. The van der Waals surface area contributed by atoms with E-state index in [9.17, 15) is 21.6 Å². The largest absolute Gasteiger partial charge is 0.492 e. The predicted octanol–water partition coefficient (Wildman–Crippen LogP) is 3.68. The van der Waals surface area contributed by atoms with E-state index < -0.39 is 21.8 Å². The molecule has 0 amide bonds. The Morgan fingerprint density at radius 3 is 2.54 bits per heavy atom. The molecule has 3 rings (SSSR count). The Labute approximate surface area is 203 Å². The number of benzene rings is 2. The maximum Gasteiger partial charge on any atom is 0.416 e. The number of likely N-dealkylation sites (N-methyl/N-ethyl adjacent to an activating group) is 1. The number of sulfonamides is 1. The van der Waals surface area contributed by atoms with Crippen LogP contribution >= 0.6 is 0 Å². The molecule has 35 heavy (non-hydrogen) atoms. The van der Waals surface area contributed by atoms with Crippen molar-refractivity contribution in [2.24, 2.45) is 7.05 Å². The summed E-state index contributed by atoms with van der Waals surface area (Å²) in [4.78, 5) is 5.82. The van der Waals surface area contributed by atoms with Crippen LogP contribution in [0.2, 0.25) is 0 Å². The smallest absolute Gasteiger partial charge is 0.416 e. The Bertz CT molecular complexity index is 1230. The third-order valence-corrected chi connectivity index (χ3v) is 6.62. The van der Waals surface area contributed by atoms with E-state index in [1.165, 1.54) is 24.7 Å². The van der Waals surface area contributed by atoms with Gasteiger partial charge in [-0.3, -0.25) is 0 Å². The van der Waals surface area contributed by atoms with Crippen molar-refractivity contribution in [3.8, 4) is 5.75 Å². The number of halogens is 3. The number of nitrogens with zero attached hydrogens (tertiary/aromatic N) is 3. The Morgan fingerprint density at radius 2 is 1.89 bits per heavy atom. The summed E-state index contributed by atoms with van der Waals surface area (Å²) in [6, 6.07) is 12.7. The van der Waals surface area contributed by atoms with Crippen LogP contribution in [-0.4, -0.2) is 56.7 Å². The van der Waals surface area contributed by atoms with Gasteiger partial charge >= 0.3 is 6.18 Å². The van der Waals surface area contributed by atoms with E-state index in [4.69, 9.17) is 4.74 Å². The maximum atomic E-state index is 13.1. The number of aromatic nitrogens is 2. The summed E-state index contributed by atoms with van der Waals surface area (Å²) >= 11 is 0. The van der Waals surface area contributed by atoms with Gasteiger partial charge in [-0.25, -0.2) is 18.1 Å². The zero-order valence-electron chi connectivity index (χ0n) is 19.8. The van der Waals surface area contributed by atoms with E-state index in [0.717, 1.165) is 11.6 Å². The highest BCUT2D eigenvalue weighted by molar-refractivity contribution is 7.89. The summed E-state index contributed by atoms with van der Waals surface area (Å²) in [5, 5.41) is -0.0666. The first-order valence-electron chi connectivity index (χ1n) is 11.0. The minimum Gasteiger partial charge on any atom is -0.492 e. The Hall–Kier alpha value is -2.89. The van der Waals surface area contributed by atoms with Crippen LogP contribution in [0.1, 0.15) is 22.6 Å². The lowest BCUT2D eigenvalue weighted by molar-refractivity contribution is -0.137. The van der Waals surface area contributed by atoms with Crippen molar-refractivity contribution in [1.82, 2.24) is 19.2 Å². The number of hydrogen-bond acceptors (Lipinski definition) is 5. The third-order valence-electron chi connectivity index (χ3n) is 5.27. The lowest BCUT2D eigenvalue weighted by Crippen LogP contribution is -2.28. The number of ether oxygens (including phenoxy) is 1. The van der Waals surface area contributed by atoms with Gasteiger partial charge in [-0.1, -0.05) is 30.3 Å². The monoisotopic (exact) mass is 510 g/mol. The summed E-state index contributed by atoms with van der Waals surface area (Å²) in [5.74, 6) is 0.479. The maximum absolute atomic E-state index is 13.1. The molecular weight excluding hydrogens is 481 g/mol. The van der Waals surface area contributed by atoms with Gasteiger partial charge in [0.2, 0.25) is 0 Å². The van der Waals surface area contributed by atoms with Crippen molar-refractivity contribution in [1.29, 1.82) is 0 Å². The Balaban J connectivity index is 1.66. The Morgan fingerprint density at radius 1 is 1.14 bits per heavy atom. The summed E-state index contributed by atoms with van der Waals surface area (Å²) in [6.07, 6.45) is -1.16. The van der Waals surface area contributed by atoms with Crippen LogP contribution in [0.5, 0.6) is 5.75 Å². The van der Waals surface area contributed by atoms with Crippen LogP contribution in [-0.2, 0) is 29.7 Å². The molecule has 0 spiro atoms. The molecule has 0 aliphatic heterocycles. The highest BCUT2D eigenvalue weighted by Crippen LogP contribution is 2.31. The molecule has 1 unspecified atom stereocenters. The highest BCUT2D eigenvalue weighted by atomic mass is 32.2. The minimum absolute atomic E-state index is 0.0501. The lowest BCUT2D eigenvalue weighted by atomic mass is 9.90. The number of rotatable bonds is 11. The van der Waals surface area contributed by atoms with Crippen molar-refractivity contribution in [3.63, 3.8) is 0 Å². The number of nitrogens with one attached hydrogen (secondary N) is 1. The molecule has 3 aromatic rings. The average Bonchev–Trinajstić information content (AvgIpc) is 3.23. The molecule has 7 nitrogen and oxygen atoms in total. The van der Waals surface area contributed by atoms with Crippen molar-refractivity contribution < 1.29 is 26.3 Å². The molecule has 1 heterocycles. The summed E-state index contributed by atoms with van der Waals surface area (Å²) < 4.78 is 73.6. The van der Waals surface area contributed by atoms with E-state index in [1.54, 1.807) is 23.7 Å². The second kappa shape index (κ2) is 11.2. The van der Waals surface area contributed by atoms with Crippen molar-refractivity contribution in [3.05, 3.63) is 77.7 Å². The lowest BCUT2D eigenvalue weighted by Gasteiger charge is -2.23. The normalized spacial score (nSPS) is 13.2. The SMILES string of the molecule is CN(C)CC(Cc1cccc(C(F)(F)F)c1)c1cccc(OCCNS(=O)(=O)c2cn(C)cn2)c1. The van der Waals surface area contributed by atoms with Crippen molar-refractivity contribution in [2.75, 3.05) is 33.8 Å². The van der Waals surface area contributed by atoms with E-state index in [-0.39, 0.29) is 24.1 Å². The Kier molecular flexibility index (Phi) is 8.57. The van der Waals surface area contributed by atoms with Crippen LogP contribution in [0, 0.1) is 0 Å².